The molecule has 30 heavy (non-hydrogen) atoms. The maximum absolute atomic E-state index is 15.2. The van der Waals surface area contributed by atoms with E-state index in [9.17, 15) is 9.18 Å². The lowest BCUT2D eigenvalue weighted by Gasteiger charge is -2.42. The monoisotopic (exact) mass is 411 g/mol. The molecule has 3 heterocycles. The quantitative estimate of drug-likeness (QED) is 0.547. The number of aromatic nitrogens is 2. The molecular formula is C22H23F2N5O. The number of nitrogens with zero attached hydrogens (tertiary/aromatic N) is 2. The van der Waals surface area contributed by atoms with Gasteiger partial charge in [0, 0.05) is 36.5 Å². The van der Waals surface area contributed by atoms with Crippen molar-refractivity contribution in [3.05, 3.63) is 54.2 Å². The Balaban J connectivity index is 1.22. The molecule has 2 aliphatic heterocycles. The lowest BCUT2D eigenvalue weighted by molar-refractivity contribution is 0.0864. The highest BCUT2D eigenvalue weighted by Gasteiger charge is 2.52. The number of alkyl halides is 2. The number of rotatable bonds is 4. The summed E-state index contributed by atoms with van der Waals surface area (Å²) in [6.07, 6.45) is 2.00. The van der Waals surface area contributed by atoms with Crippen molar-refractivity contribution in [2.24, 2.45) is 0 Å². The first-order chi connectivity index (χ1) is 14.5. The minimum atomic E-state index is -1.59. The van der Waals surface area contributed by atoms with Crippen molar-refractivity contribution in [1.29, 1.82) is 0 Å². The molecule has 2 fully saturated rings. The Kier molecular flexibility index (Phi) is 4.56. The lowest BCUT2D eigenvalue weighted by atomic mass is 9.98. The van der Waals surface area contributed by atoms with Crippen LogP contribution in [0.25, 0.3) is 10.9 Å². The second-order valence-corrected chi connectivity index (χ2v) is 8.13. The maximum atomic E-state index is 15.2. The number of carbonyl (C=O) groups is 1. The number of carbonyl (C=O) groups excluding carboxylic acids is 1. The molecule has 0 radical (unpaired) electrons. The standard InChI is InChI=1S/C22H23F2N5O/c23-15-10-17-8-9-22(24,11-15)29(17)16-6-4-14(5-7-16)12-25-21(30)27-19-2-1-3-20-18(19)13-26-28-20/h1-7,13,15,17H,8-12H2,(H,26,28)(H2,25,27,30). The summed E-state index contributed by atoms with van der Waals surface area (Å²) in [5.74, 6) is -1.59. The van der Waals surface area contributed by atoms with Gasteiger partial charge in [-0.2, -0.15) is 5.10 Å². The zero-order valence-electron chi connectivity index (χ0n) is 16.4. The Morgan fingerprint density at radius 3 is 2.90 bits per heavy atom. The Hall–Kier alpha value is -3.16. The Bertz CT molecular complexity index is 1070. The fourth-order valence-electron chi connectivity index (χ4n) is 4.75. The summed E-state index contributed by atoms with van der Waals surface area (Å²) >= 11 is 0. The minimum absolute atomic E-state index is 0.0591. The molecule has 3 aromatic rings. The number of aromatic amines is 1. The van der Waals surface area contributed by atoms with Gasteiger partial charge in [-0.1, -0.05) is 18.2 Å². The third-order valence-corrected chi connectivity index (χ3v) is 6.12. The van der Waals surface area contributed by atoms with E-state index in [0.29, 0.717) is 31.5 Å². The van der Waals surface area contributed by atoms with Gasteiger partial charge in [0.25, 0.3) is 0 Å². The van der Waals surface area contributed by atoms with E-state index >= 15 is 4.39 Å². The molecule has 0 aliphatic carbocycles. The van der Waals surface area contributed by atoms with E-state index < -0.39 is 12.0 Å². The lowest BCUT2D eigenvalue weighted by Crippen LogP contribution is -2.50. The number of amides is 2. The third-order valence-electron chi connectivity index (χ3n) is 6.12. The van der Waals surface area contributed by atoms with E-state index in [4.69, 9.17) is 0 Å². The molecule has 1 aromatic heterocycles. The highest BCUT2D eigenvalue weighted by Crippen LogP contribution is 2.48. The van der Waals surface area contributed by atoms with Crippen LogP contribution >= 0.6 is 0 Å². The van der Waals surface area contributed by atoms with Crippen LogP contribution in [0.2, 0.25) is 0 Å². The van der Waals surface area contributed by atoms with E-state index in [1.807, 2.05) is 42.5 Å². The number of nitrogens with one attached hydrogen (secondary N) is 3. The van der Waals surface area contributed by atoms with Crippen molar-refractivity contribution < 1.29 is 13.6 Å². The molecule has 8 heteroatoms. The predicted octanol–water partition coefficient (Wildman–Crippen LogP) is 4.65. The largest absolute Gasteiger partial charge is 0.336 e. The number of urea groups is 1. The SMILES string of the molecule is O=C(NCc1ccc(N2C3CCC2(F)CC(F)C3)cc1)Nc1cccc2[nH]ncc12. The normalized spacial score (nSPS) is 25.5. The Labute approximate surface area is 172 Å². The zero-order valence-corrected chi connectivity index (χ0v) is 16.4. The number of fused-ring (bicyclic) bond motifs is 3. The van der Waals surface area contributed by atoms with Crippen molar-refractivity contribution in [2.75, 3.05) is 10.2 Å². The van der Waals surface area contributed by atoms with Gasteiger partial charge < -0.3 is 15.5 Å². The first-order valence-electron chi connectivity index (χ1n) is 10.2. The van der Waals surface area contributed by atoms with E-state index in [2.05, 4.69) is 20.8 Å². The van der Waals surface area contributed by atoms with Gasteiger partial charge in [0.1, 0.15) is 6.17 Å². The number of piperidine rings is 1. The fourth-order valence-corrected chi connectivity index (χ4v) is 4.75. The number of halogens is 2. The van der Waals surface area contributed by atoms with Crippen LogP contribution in [0.3, 0.4) is 0 Å². The van der Waals surface area contributed by atoms with Crippen LogP contribution in [0.4, 0.5) is 25.0 Å². The number of hydrogen-bond acceptors (Lipinski definition) is 3. The maximum Gasteiger partial charge on any atom is 0.319 e. The third kappa shape index (κ3) is 3.36. The molecule has 2 aliphatic rings. The van der Waals surface area contributed by atoms with Gasteiger partial charge in [0.15, 0.2) is 5.79 Å². The Morgan fingerprint density at radius 2 is 2.10 bits per heavy atom. The van der Waals surface area contributed by atoms with Crippen LogP contribution in [0.5, 0.6) is 0 Å². The zero-order chi connectivity index (χ0) is 20.7. The summed E-state index contributed by atoms with van der Waals surface area (Å²) in [4.78, 5) is 14.0. The average Bonchev–Trinajstić information content (AvgIpc) is 3.28. The van der Waals surface area contributed by atoms with Gasteiger partial charge in [0.2, 0.25) is 0 Å². The second-order valence-electron chi connectivity index (χ2n) is 8.13. The molecule has 2 amide bonds. The van der Waals surface area contributed by atoms with Crippen LogP contribution in [-0.2, 0) is 6.54 Å². The van der Waals surface area contributed by atoms with Gasteiger partial charge >= 0.3 is 6.03 Å². The van der Waals surface area contributed by atoms with E-state index in [1.165, 1.54) is 0 Å². The van der Waals surface area contributed by atoms with Crippen molar-refractivity contribution in [3.63, 3.8) is 0 Å². The molecule has 2 bridgehead atoms. The van der Waals surface area contributed by atoms with Crippen molar-refractivity contribution >= 4 is 28.3 Å². The van der Waals surface area contributed by atoms with Crippen molar-refractivity contribution in [1.82, 2.24) is 15.5 Å². The first-order valence-corrected chi connectivity index (χ1v) is 10.2. The second kappa shape index (κ2) is 7.27. The van der Waals surface area contributed by atoms with Crippen LogP contribution < -0.4 is 15.5 Å². The molecule has 3 N–H and O–H groups in total. The summed E-state index contributed by atoms with van der Waals surface area (Å²) in [6.45, 7) is 0.338. The van der Waals surface area contributed by atoms with Crippen LogP contribution in [0.15, 0.2) is 48.7 Å². The van der Waals surface area contributed by atoms with Crippen LogP contribution in [0.1, 0.15) is 31.2 Å². The summed E-state index contributed by atoms with van der Waals surface area (Å²) in [7, 11) is 0. The molecule has 3 atom stereocenters. The molecule has 5 rings (SSSR count). The van der Waals surface area contributed by atoms with Crippen molar-refractivity contribution in [3.8, 4) is 0 Å². The smallest absolute Gasteiger partial charge is 0.319 e. The van der Waals surface area contributed by atoms with Crippen LogP contribution in [0, 0.1) is 0 Å². The summed E-state index contributed by atoms with van der Waals surface area (Å²) < 4.78 is 29.0. The molecular weight excluding hydrogens is 388 g/mol. The number of hydrogen-bond donors (Lipinski definition) is 3. The van der Waals surface area contributed by atoms with Gasteiger partial charge in [-0.3, -0.25) is 5.10 Å². The first kappa shape index (κ1) is 18.8. The number of benzene rings is 2. The van der Waals surface area contributed by atoms with Gasteiger partial charge in [-0.05, 0) is 42.7 Å². The molecule has 6 nitrogen and oxygen atoms in total. The van der Waals surface area contributed by atoms with Crippen molar-refractivity contribution in [2.45, 2.75) is 50.2 Å². The van der Waals surface area contributed by atoms with E-state index in [1.54, 1.807) is 11.1 Å². The molecule has 0 spiro atoms. The summed E-state index contributed by atoms with van der Waals surface area (Å²) in [5.41, 5.74) is 3.19. The molecule has 2 aromatic carbocycles. The number of H-pyrrole nitrogens is 1. The van der Waals surface area contributed by atoms with E-state index in [-0.39, 0.29) is 18.5 Å². The average molecular weight is 411 g/mol. The molecule has 0 saturated carbocycles. The Morgan fingerprint density at radius 1 is 1.27 bits per heavy atom. The van der Waals surface area contributed by atoms with Gasteiger partial charge in [-0.15, -0.1) is 0 Å². The van der Waals surface area contributed by atoms with E-state index in [0.717, 1.165) is 22.2 Å². The van der Waals surface area contributed by atoms with Crippen LogP contribution in [-0.4, -0.2) is 34.2 Å². The molecule has 156 valence electrons. The molecule has 3 unspecified atom stereocenters. The highest BCUT2D eigenvalue weighted by atomic mass is 19.2. The summed E-state index contributed by atoms with van der Waals surface area (Å²) in [6, 6.07) is 12.6. The highest BCUT2D eigenvalue weighted by molar-refractivity contribution is 6.00. The van der Waals surface area contributed by atoms with Gasteiger partial charge in [-0.25, -0.2) is 13.6 Å². The fraction of sp³-hybridized carbons (Fsp3) is 0.364. The van der Waals surface area contributed by atoms with Gasteiger partial charge in [0.05, 0.1) is 17.4 Å². The summed E-state index contributed by atoms with van der Waals surface area (Å²) in [5, 5.41) is 13.3. The molecule has 2 saturated heterocycles. The minimum Gasteiger partial charge on any atom is -0.336 e. The number of anilines is 2. The predicted molar refractivity (Wildman–Crippen MR) is 112 cm³/mol. The topological polar surface area (TPSA) is 73.1 Å².